The second-order valence-electron chi connectivity index (χ2n) is 4.16. The normalized spacial score (nSPS) is 10.5. The minimum Gasteiger partial charge on any atom is -0.309 e. The molecule has 0 spiro atoms. The van der Waals surface area contributed by atoms with Gasteiger partial charge in [0, 0.05) is 13.1 Å². The molecule has 0 radical (unpaired) electrons. The summed E-state index contributed by atoms with van der Waals surface area (Å²) < 4.78 is 13.1. The van der Waals surface area contributed by atoms with Gasteiger partial charge in [0.1, 0.15) is 5.82 Å². The molecule has 2 aromatic carbocycles. The van der Waals surface area contributed by atoms with E-state index in [4.69, 9.17) is 0 Å². The number of hydrogen-bond donors (Lipinski definition) is 1. The van der Waals surface area contributed by atoms with Gasteiger partial charge in [-0.2, -0.15) is 0 Å². The molecule has 0 amide bonds. The summed E-state index contributed by atoms with van der Waals surface area (Å²) in [4.78, 5) is 0. The Morgan fingerprint density at radius 3 is 2.53 bits per heavy atom. The zero-order valence-electron chi connectivity index (χ0n) is 9.91. The van der Waals surface area contributed by atoms with E-state index in [0.29, 0.717) is 6.54 Å². The number of benzene rings is 2. The molecule has 2 aromatic rings. The molecule has 0 aromatic heterocycles. The monoisotopic (exact) mass is 229 g/mol. The van der Waals surface area contributed by atoms with Crippen LogP contribution in [-0.2, 0) is 13.1 Å². The van der Waals surface area contributed by atoms with Crippen LogP contribution in [0.15, 0.2) is 48.5 Å². The van der Waals surface area contributed by atoms with Gasteiger partial charge in [-0.1, -0.05) is 36.4 Å². The molecule has 2 heteroatoms. The zero-order chi connectivity index (χ0) is 12.1. The molecule has 0 heterocycles. The SMILES string of the molecule is Cc1ccc(F)cc1CNCc1ccccc1. The molecular formula is C15H16FN. The van der Waals surface area contributed by atoms with Crippen LogP contribution in [0.25, 0.3) is 0 Å². The van der Waals surface area contributed by atoms with Crippen molar-refractivity contribution < 1.29 is 4.39 Å². The van der Waals surface area contributed by atoms with Gasteiger partial charge in [0.25, 0.3) is 0 Å². The highest BCUT2D eigenvalue weighted by Gasteiger charge is 2.00. The fourth-order valence-corrected chi connectivity index (χ4v) is 1.77. The van der Waals surface area contributed by atoms with E-state index >= 15 is 0 Å². The lowest BCUT2D eigenvalue weighted by Crippen LogP contribution is -2.13. The number of hydrogen-bond acceptors (Lipinski definition) is 1. The number of nitrogens with one attached hydrogen (secondary N) is 1. The van der Waals surface area contributed by atoms with Gasteiger partial charge in [0.05, 0.1) is 0 Å². The molecule has 0 aliphatic heterocycles. The van der Waals surface area contributed by atoms with Gasteiger partial charge in [0.15, 0.2) is 0 Å². The zero-order valence-corrected chi connectivity index (χ0v) is 9.91. The van der Waals surface area contributed by atoms with Gasteiger partial charge in [-0.3, -0.25) is 0 Å². The predicted molar refractivity (Wildman–Crippen MR) is 68.1 cm³/mol. The van der Waals surface area contributed by atoms with Crippen molar-refractivity contribution in [1.29, 1.82) is 0 Å². The van der Waals surface area contributed by atoms with Gasteiger partial charge in [0.2, 0.25) is 0 Å². The van der Waals surface area contributed by atoms with Gasteiger partial charge in [-0.25, -0.2) is 4.39 Å². The Balaban J connectivity index is 1.92. The maximum atomic E-state index is 13.1. The summed E-state index contributed by atoms with van der Waals surface area (Å²) in [5.41, 5.74) is 3.37. The molecule has 0 fully saturated rings. The quantitative estimate of drug-likeness (QED) is 0.847. The fourth-order valence-electron chi connectivity index (χ4n) is 1.77. The summed E-state index contributed by atoms with van der Waals surface area (Å²) in [6.45, 7) is 3.49. The third-order valence-corrected chi connectivity index (χ3v) is 2.80. The predicted octanol–water partition coefficient (Wildman–Crippen LogP) is 3.42. The van der Waals surface area contributed by atoms with Crippen molar-refractivity contribution in [3.63, 3.8) is 0 Å². The topological polar surface area (TPSA) is 12.0 Å². The van der Waals surface area contributed by atoms with Gasteiger partial charge in [-0.15, -0.1) is 0 Å². The van der Waals surface area contributed by atoms with E-state index in [0.717, 1.165) is 17.7 Å². The van der Waals surface area contributed by atoms with Gasteiger partial charge < -0.3 is 5.32 Å². The van der Waals surface area contributed by atoms with Crippen molar-refractivity contribution in [3.05, 3.63) is 71.0 Å². The molecular weight excluding hydrogens is 213 g/mol. The molecule has 0 saturated heterocycles. The van der Waals surface area contributed by atoms with E-state index in [1.807, 2.05) is 31.2 Å². The lowest BCUT2D eigenvalue weighted by Gasteiger charge is -2.08. The van der Waals surface area contributed by atoms with E-state index in [2.05, 4.69) is 17.4 Å². The van der Waals surface area contributed by atoms with Crippen LogP contribution in [0, 0.1) is 12.7 Å². The minimum atomic E-state index is -0.174. The van der Waals surface area contributed by atoms with Crippen molar-refractivity contribution in [2.45, 2.75) is 20.0 Å². The number of halogens is 1. The highest BCUT2D eigenvalue weighted by Crippen LogP contribution is 2.10. The Bertz CT molecular complexity index is 480. The molecule has 1 nitrogen and oxygen atoms in total. The first-order chi connectivity index (χ1) is 8.25. The Kier molecular flexibility index (Phi) is 3.89. The van der Waals surface area contributed by atoms with E-state index in [1.165, 1.54) is 11.6 Å². The third kappa shape index (κ3) is 3.40. The van der Waals surface area contributed by atoms with Crippen LogP contribution < -0.4 is 5.32 Å². The lowest BCUT2D eigenvalue weighted by atomic mass is 10.1. The largest absolute Gasteiger partial charge is 0.309 e. The highest BCUT2D eigenvalue weighted by atomic mass is 19.1. The van der Waals surface area contributed by atoms with Crippen LogP contribution in [0.3, 0.4) is 0 Å². The number of rotatable bonds is 4. The minimum absolute atomic E-state index is 0.174. The summed E-state index contributed by atoms with van der Waals surface area (Å²) in [5.74, 6) is -0.174. The van der Waals surface area contributed by atoms with Crippen LogP contribution in [0.5, 0.6) is 0 Å². The van der Waals surface area contributed by atoms with Crippen molar-refractivity contribution >= 4 is 0 Å². The first-order valence-corrected chi connectivity index (χ1v) is 5.75. The van der Waals surface area contributed by atoms with Crippen LogP contribution in [-0.4, -0.2) is 0 Å². The maximum Gasteiger partial charge on any atom is 0.123 e. The second-order valence-corrected chi connectivity index (χ2v) is 4.16. The molecule has 0 aliphatic carbocycles. The summed E-state index contributed by atoms with van der Waals surface area (Å²) in [6, 6.07) is 15.1. The van der Waals surface area contributed by atoms with Crippen LogP contribution in [0.4, 0.5) is 4.39 Å². The molecule has 1 N–H and O–H groups in total. The Morgan fingerprint density at radius 2 is 1.76 bits per heavy atom. The smallest absolute Gasteiger partial charge is 0.123 e. The van der Waals surface area contributed by atoms with Crippen molar-refractivity contribution in [2.75, 3.05) is 0 Å². The first-order valence-electron chi connectivity index (χ1n) is 5.75. The average molecular weight is 229 g/mol. The Labute approximate surface area is 101 Å². The summed E-state index contributed by atoms with van der Waals surface area (Å²) in [5, 5.41) is 3.32. The molecule has 0 saturated carbocycles. The van der Waals surface area contributed by atoms with Crippen LogP contribution in [0.1, 0.15) is 16.7 Å². The Morgan fingerprint density at radius 1 is 1.00 bits per heavy atom. The molecule has 0 atom stereocenters. The lowest BCUT2D eigenvalue weighted by molar-refractivity contribution is 0.619. The van der Waals surface area contributed by atoms with Crippen LogP contribution >= 0.6 is 0 Å². The molecule has 2 rings (SSSR count). The summed E-state index contributed by atoms with van der Waals surface area (Å²) in [6.07, 6.45) is 0. The van der Waals surface area contributed by atoms with E-state index in [-0.39, 0.29) is 5.82 Å². The molecule has 0 bridgehead atoms. The number of aryl methyl sites for hydroxylation is 1. The van der Waals surface area contributed by atoms with Gasteiger partial charge in [-0.05, 0) is 35.7 Å². The summed E-state index contributed by atoms with van der Waals surface area (Å²) >= 11 is 0. The van der Waals surface area contributed by atoms with Crippen LogP contribution in [0.2, 0.25) is 0 Å². The maximum absolute atomic E-state index is 13.1. The standard InChI is InChI=1S/C15H16FN/c1-12-7-8-15(16)9-14(12)11-17-10-13-5-3-2-4-6-13/h2-9,17H,10-11H2,1H3. The Hall–Kier alpha value is -1.67. The molecule has 17 heavy (non-hydrogen) atoms. The third-order valence-electron chi connectivity index (χ3n) is 2.80. The molecule has 0 unspecified atom stereocenters. The van der Waals surface area contributed by atoms with E-state index in [9.17, 15) is 4.39 Å². The second kappa shape index (κ2) is 5.60. The first kappa shape index (κ1) is 11.8. The van der Waals surface area contributed by atoms with E-state index < -0.39 is 0 Å². The summed E-state index contributed by atoms with van der Waals surface area (Å²) in [7, 11) is 0. The average Bonchev–Trinajstić information content (AvgIpc) is 2.35. The molecule has 0 aliphatic rings. The fraction of sp³-hybridized carbons (Fsp3) is 0.200. The van der Waals surface area contributed by atoms with E-state index in [1.54, 1.807) is 6.07 Å². The van der Waals surface area contributed by atoms with Crippen molar-refractivity contribution in [3.8, 4) is 0 Å². The van der Waals surface area contributed by atoms with Crippen molar-refractivity contribution in [2.24, 2.45) is 0 Å². The van der Waals surface area contributed by atoms with Crippen molar-refractivity contribution in [1.82, 2.24) is 5.32 Å². The molecule has 88 valence electrons. The van der Waals surface area contributed by atoms with Gasteiger partial charge >= 0.3 is 0 Å². The highest BCUT2D eigenvalue weighted by molar-refractivity contribution is 5.26.